The third-order valence-corrected chi connectivity index (χ3v) is 4.98. The fourth-order valence-corrected chi connectivity index (χ4v) is 3.02. The van der Waals surface area contributed by atoms with Crippen LogP contribution in [0.4, 0.5) is 0 Å². The quantitative estimate of drug-likeness (QED) is 0.713. The van der Waals surface area contributed by atoms with Crippen molar-refractivity contribution in [3.63, 3.8) is 0 Å². The summed E-state index contributed by atoms with van der Waals surface area (Å²) in [5, 5.41) is -0.369. The molecule has 1 saturated heterocycles. The van der Waals surface area contributed by atoms with E-state index < -0.39 is 16.2 Å². The Labute approximate surface area is 85.3 Å². The van der Waals surface area contributed by atoms with Crippen molar-refractivity contribution in [3.05, 3.63) is 0 Å². The molecule has 2 N–H and O–H groups in total. The predicted octanol–water partition coefficient (Wildman–Crippen LogP) is -0.268. The van der Waals surface area contributed by atoms with Gasteiger partial charge in [-0.15, -0.1) is 0 Å². The zero-order chi connectivity index (χ0) is 10.8. The number of sulfonamides is 1. The Morgan fingerprint density at radius 1 is 1.64 bits per heavy atom. The number of hydrogen-bond acceptors (Lipinski definition) is 4. The van der Waals surface area contributed by atoms with Gasteiger partial charge in [0.2, 0.25) is 10.0 Å². The summed E-state index contributed by atoms with van der Waals surface area (Å²) in [5.74, 6) is 0. The third-order valence-electron chi connectivity index (χ3n) is 2.52. The summed E-state index contributed by atoms with van der Waals surface area (Å²) in [6.45, 7) is 4.65. The first-order chi connectivity index (χ1) is 6.50. The molecule has 6 heteroatoms. The number of rotatable bonds is 3. The fraction of sp³-hybridized carbons (Fsp3) is 1.00. The maximum atomic E-state index is 11.9. The minimum atomic E-state index is -3.23. The van der Waals surface area contributed by atoms with Crippen molar-refractivity contribution >= 4 is 10.0 Å². The molecule has 0 radical (unpaired) electrons. The Morgan fingerprint density at radius 2 is 2.29 bits per heavy atom. The molecule has 14 heavy (non-hydrogen) atoms. The molecule has 0 saturated carbocycles. The third kappa shape index (κ3) is 2.25. The van der Waals surface area contributed by atoms with E-state index in [1.165, 1.54) is 4.31 Å². The van der Waals surface area contributed by atoms with E-state index in [9.17, 15) is 8.42 Å². The molecule has 0 aromatic heterocycles. The van der Waals surface area contributed by atoms with Gasteiger partial charge in [-0.05, 0) is 13.3 Å². The summed E-state index contributed by atoms with van der Waals surface area (Å²) in [7, 11) is -3.23. The van der Waals surface area contributed by atoms with Crippen LogP contribution >= 0.6 is 0 Å². The second-order valence-electron chi connectivity index (χ2n) is 3.52. The van der Waals surface area contributed by atoms with Crippen LogP contribution in [0.3, 0.4) is 0 Å². The highest BCUT2D eigenvalue weighted by Gasteiger charge is 2.33. The second kappa shape index (κ2) is 4.57. The van der Waals surface area contributed by atoms with Crippen LogP contribution in [-0.2, 0) is 14.8 Å². The minimum Gasteiger partial charge on any atom is -0.377 e. The smallest absolute Gasteiger partial charge is 0.218 e. The van der Waals surface area contributed by atoms with Crippen molar-refractivity contribution in [1.82, 2.24) is 4.31 Å². The van der Waals surface area contributed by atoms with E-state index >= 15 is 0 Å². The summed E-state index contributed by atoms with van der Waals surface area (Å²) in [6, 6.07) is 0. The van der Waals surface area contributed by atoms with Gasteiger partial charge in [0.25, 0.3) is 0 Å². The van der Waals surface area contributed by atoms with Gasteiger partial charge in [-0.25, -0.2) is 8.42 Å². The van der Waals surface area contributed by atoms with Crippen molar-refractivity contribution in [2.24, 2.45) is 5.73 Å². The molecule has 0 bridgehead atoms. The maximum Gasteiger partial charge on any atom is 0.218 e. The standard InChI is InChI=1S/C8H18N2O3S/c1-3-7(2)14(11,12)10-4-5-13-6-8(10)9/h7-8H,3-6,9H2,1-2H3. The van der Waals surface area contributed by atoms with Gasteiger partial charge >= 0.3 is 0 Å². The molecule has 2 unspecified atom stereocenters. The van der Waals surface area contributed by atoms with Crippen molar-refractivity contribution in [2.75, 3.05) is 19.8 Å². The van der Waals surface area contributed by atoms with Gasteiger partial charge in [-0.2, -0.15) is 4.31 Å². The molecule has 0 spiro atoms. The first-order valence-electron chi connectivity index (χ1n) is 4.84. The topological polar surface area (TPSA) is 72.6 Å². The van der Waals surface area contributed by atoms with E-state index in [0.717, 1.165) is 0 Å². The largest absolute Gasteiger partial charge is 0.377 e. The molecule has 0 aliphatic carbocycles. The van der Waals surface area contributed by atoms with E-state index in [2.05, 4.69) is 0 Å². The summed E-state index contributed by atoms with van der Waals surface area (Å²) in [4.78, 5) is 0. The highest BCUT2D eigenvalue weighted by atomic mass is 32.2. The molecule has 1 rings (SSSR count). The highest BCUT2D eigenvalue weighted by Crippen LogP contribution is 2.15. The molecule has 5 nitrogen and oxygen atoms in total. The number of ether oxygens (including phenoxy) is 1. The Kier molecular flexibility index (Phi) is 3.88. The molecule has 1 aliphatic heterocycles. The fourth-order valence-electron chi connectivity index (χ4n) is 1.37. The Morgan fingerprint density at radius 3 is 2.79 bits per heavy atom. The maximum absolute atomic E-state index is 11.9. The predicted molar refractivity (Wildman–Crippen MR) is 54.2 cm³/mol. The van der Waals surface area contributed by atoms with E-state index in [0.29, 0.717) is 19.6 Å². The van der Waals surface area contributed by atoms with Gasteiger partial charge in [-0.1, -0.05) is 6.92 Å². The van der Waals surface area contributed by atoms with Crippen LogP contribution in [-0.4, -0.2) is 43.9 Å². The van der Waals surface area contributed by atoms with Crippen LogP contribution in [0.2, 0.25) is 0 Å². The number of nitrogens with zero attached hydrogens (tertiary/aromatic N) is 1. The lowest BCUT2D eigenvalue weighted by atomic mass is 10.4. The average Bonchev–Trinajstić information content (AvgIpc) is 2.17. The average molecular weight is 222 g/mol. The van der Waals surface area contributed by atoms with Gasteiger partial charge in [0.05, 0.1) is 24.6 Å². The van der Waals surface area contributed by atoms with Crippen LogP contribution in [0.15, 0.2) is 0 Å². The molecule has 1 aliphatic rings. The number of morpholine rings is 1. The Balaban J connectivity index is 2.80. The van der Waals surface area contributed by atoms with Gasteiger partial charge in [0.1, 0.15) is 0 Å². The van der Waals surface area contributed by atoms with Gasteiger partial charge < -0.3 is 10.5 Å². The van der Waals surface area contributed by atoms with Crippen molar-refractivity contribution in [2.45, 2.75) is 31.7 Å². The molecule has 84 valence electrons. The van der Waals surface area contributed by atoms with Crippen LogP contribution in [0, 0.1) is 0 Å². The van der Waals surface area contributed by atoms with Crippen LogP contribution < -0.4 is 5.73 Å². The zero-order valence-electron chi connectivity index (χ0n) is 8.64. The summed E-state index contributed by atoms with van der Waals surface area (Å²) >= 11 is 0. The monoisotopic (exact) mass is 222 g/mol. The normalized spacial score (nSPS) is 27.5. The second-order valence-corrected chi connectivity index (χ2v) is 5.82. The Bertz CT molecular complexity index is 278. The van der Waals surface area contributed by atoms with Crippen molar-refractivity contribution in [1.29, 1.82) is 0 Å². The van der Waals surface area contributed by atoms with Crippen molar-refractivity contribution in [3.8, 4) is 0 Å². The van der Waals surface area contributed by atoms with Crippen LogP contribution in [0.5, 0.6) is 0 Å². The summed E-state index contributed by atoms with van der Waals surface area (Å²) in [6.07, 6.45) is 0.0784. The Hall–Kier alpha value is -0.170. The first-order valence-corrected chi connectivity index (χ1v) is 6.34. The lowest BCUT2D eigenvalue weighted by Gasteiger charge is -2.33. The van der Waals surface area contributed by atoms with E-state index in [-0.39, 0.29) is 11.9 Å². The molecule has 1 heterocycles. The molecular formula is C8H18N2O3S. The van der Waals surface area contributed by atoms with E-state index in [1.54, 1.807) is 6.92 Å². The summed E-state index contributed by atoms with van der Waals surface area (Å²) < 4.78 is 30.3. The zero-order valence-corrected chi connectivity index (χ0v) is 9.46. The molecule has 1 fully saturated rings. The SMILES string of the molecule is CCC(C)S(=O)(=O)N1CCOCC1N. The minimum absolute atomic E-state index is 0.287. The molecule has 0 amide bonds. The van der Waals surface area contributed by atoms with Crippen LogP contribution in [0.25, 0.3) is 0 Å². The van der Waals surface area contributed by atoms with E-state index in [1.807, 2.05) is 6.92 Å². The van der Waals surface area contributed by atoms with Gasteiger partial charge in [0.15, 0.2) is 0 Å². The van der Waals surface area contributed by atoms with E-state index in [4.69, 9.17) is 10.5 Å². The lowest BCUT2D eigenvalue weighted by molar-refractivity contribution is 0.0346. The summed E-state index contributed by atoms with van der Waals surface area (Å²) in [5.41, 5.74) is 5.68. The number of hydrogen-bond donors (Lipinski definition) is 1. The molecular weight excluding hydrogens is 204 g/mol. The first kappa shape index (κ1) is 11.9. The molecule has 0 aromatic rings. The van der Waals surface area contributed by atoms with Crippen LogP contribution in [0.1, 0.15) is 20.3 Å². The molecule has 0 aromatic carbocycles. The molecule has 2 atom stereocenters. The lowest BCUT2D eigenvalue weighted by Crippen LogP contribution is -2.55. The van der Waals surface area contributed by atoms with Gasteiger partial charge in [0, 0.05) is 6.54 Å². The number of nitrogens with two attached hydrogens (primary N) is 1. The van der Waals surface area contributed by atoms with Gasteiger partial charge in [-0.3, -0.25) is 0 Å². The van der Waals surface area contributed by atoms with Crippen molar-refractivity contribution < 1.29 is 13.2 Å². The highest BCUT2D eigenvalue weighted by molar-refractivity contribution is 7.89.